The van der Waals surface area contributed by atoms with E-state index >= 15 is 0 Å². The minimum Gasteiger partial charge on any atom is -0.459 e. The fraction of sp³-hybridized carbons (Fsp3) is 0.389. The lowest BCUT2D eigenvalue weighted by atomic mass is 10.0. The smallest absolute Gasteiger partial charge is 0.328 e. The first-order valence-electron chi connectivity index (χ1n) is 7.73. The zero-order valence-corrected chi connectivity index (χ0v) is 13.6. The van der Waals surface area contributed by atoms with Crippen LogP contribution < -0.4 is 0 Å². The molecule has 23 heavy (non-hydrogen) atoms. The molecule has 0 saturated heterocycles. The van der Waals surface area contributed by atoms with E-state index in [1.807, 2.05) is 45.2 Å². The second kappa shape index (κ2) is 5.65. The van der Waals surface area contributed by atoms with E-state index in [0.717, 1.165) is 28.7 Å². The van der Waals surface area contributed by atoms with Crippen LogP contribution in [0.2, 0.25) is 0 Å². The number of aryl methyl sites for hydroxylation is 1. The van der Waals surface area contributed by atoms with Crippen LogP contribution in [0.15, 0.2) is 30.6 Å². The number of rotatable bonds is 3. The topological polar surface area (TPSA) is 61.2 Å². The fourth-order valence-corrected chi connectivity index (χ4v) is 2.74. The van der Waals surface area contributed by atoms with Crippen molar-refractivity contribution >= 4 is 11.8 Å². The summed E-state index contributed by atoms with van der Waals surface area (Å²) in [6, 6.07) is 5.84. The molecule has 1 aromatic heterocycles. The molecule has 1 aliphatic carbocycles. The highest BCUT2D eigenvalue weighted by Gasteiger charge is 2.20. The normalized spacial score (nSPS) is 14.0. The Hall–Kier alpha value is -2.43. The van der Waals surface area contributed by atoms with Crippen LogP contribution >= 0.6 is 0 Å². The van der Waals surface area contributed by atoms with Gasteiger partial charge >= 0.3 is 5.97 Å². The van der Waals surface area contributed by atoms with Gasteiger partial charge in [-0.15, -0.1) is 0 Å². The molecule has 0 radical (unpaired) electrons. The quantitative estimate of drug-likeness (QED) is 0.817. The number of esters is 1. The molecule has 0 fully saturated rings. The summed E-state index contributed by atoms with van der Waals surface area (Å²) in [6.45, 7) is 5.60. The summed E-state index contributed by atoms with van der Waals surface area (Å²) >= 11 is 0. The Labute approximate surface area is 135 Å². The molecular formula is C18H20N2O3. The summed E-state index contributed by atoms with van der Waals surface area (Å²) in [7, 11) is 0. The highest BCUT2D eigenvalue weighted by atomic mass is 16.6. The number of fused-ring (bicyclic) bond motifs is 1. The van der Waals surface area contributed by atoms with Crippen LogP contribution in [-0.2, 0) is 22.5 Å². The second-order valence-electron chi connectivity index (χ2n) is 6.81. The average Bonchev–Trinajstić information content (AvgIpc) is 3.04. The van der Waals surface area contributed by atoms with Gasteiger partial charge in [-0.05, 0) is 38.3 Å². The number of hydrogen-bond acceptors (Lipinski definition) is 4. The number of nitrogens with zero attached hydrogens (tertiary/aromatic N) is 2. The van der Waals surface area contributed by atoms with Crippen molar-refractivity contribution in [1.29, 1.82) is 0 Å². The van der Waals surface area contributed by atoms with Crippen LogP contribution in [0.1, 0.15) is 43.1 Å². The van der Waals surface area contributed by atoms with Crippen LogP contribution in [-0.4, -0.2) is 27.1 Å². The number of hydrogen-bond donors (Lipinski definition) is 0. The summed E-state index contributed by atoms with van der Waals surface area (Å²) in [4.78, 5) is 23.5. The molecule has 3 rings (SSSR count). The average molecular weight is 312 g/mol. The molecule has 1 aliphatic rings. The first-order valence-corrected chi connectivity index (χ1v) is 7.73. The number of ether oxygens (including phenoxy) is 1. The van der Waals surface area contributed by atoms with Crippen molar-refractivity contribution in [3.8, 4) is 11.1 Å². The van der Waals surface area contributed by atoms with E-state index in [2.05, 4.69) is 5.10 Å². The molecule has 0 amide bonds. The van der Waals surface area contributed by atoms with E-state index in [-0.39, 0.29) is 18.3 Å². The van der Waals surface area contributed by atoms with Gasteiger partial charge < -0.3 is 4.74 Å². The van der Waals surface area contributed by atoms with Crippen LogP contribution in [0.25, 0.3) is 11.1 Å². The van der Waals surface area contributed by atoms with Crippen LogP contribution in [0.4, 0.5) is 0 Å². The largest absolute Gasteiger partial charge is 0.459 e. The summed E-state index contributed by atoms with van der Waals surface area (Å²) in [5, 5.41) is 4.22. The Morgan fingerprint density at radius 3 is 2.78 bits per heavy atom. The molecule has 1 aromatic carbocycles. The molecule has 5 nitrogen and oxygen atoms in total. The van der Waals surface area contributed by atoms with Crippen molar-refractivity contribution in [3.05, 3.63) is 41.7 Å². The Balaban J connectivity index is 1.75. The second-order valence-corrected chi connectivity index (χ2v) is 6.81. The highest BCUT2D eigenvalue weighted by Crippen LogP contribution is 2.27. The van der Waals surface area contributed by atoms with Gasteiger partial charge in [0.1, 0.15) is 12.1 Å². The Kier molecular flexibility index (Phi) is 3.80. The van der Waals surface area contributed by atoms with Gasteiger partial charge in [0.05, 0.1) is 6.20 Å². The summed E-state index contributed by atoms with van der Waals surface area (Å²) < 4.78 is 6.86. The SMILES string of the molecule is CC(C)(C)OC(=O)Cn1cc(-c2ccc3c(c2)CCC3=O)cn1. The molecule has 2 aromatic rings. The molecule has 0 bridgehead atoms. The van der Waals surface area contributed by atoms with Crippen molar-refractivity contribution in [2.24, 2.45) is 0 Å². The maximum atomic E-state index is 11.8. The predicted octanol–water partition coefficient (Wildman–Crippen LogP) is 3.02. The van der Waals surface area contributed by atoms with E-state index < -0.39 is 5.60 Å². The van der Waals surface area contributed by atoms with Gasteiger partial charge in [0, 0.05) is 23.7 Å². The lowest BCUT2D eigenvalue weighted by molar-refractivity contribution is -0.155. The van der Waals surface area contributed by atoms with E-state index in [1.54, 1.807) is 10.9 Å². The van der Waals surface area contributed by atoms with Crippen molar-refractivity contribution in [2.75, 3.05) is 0 Å². The number of Topliss-reactive ketones (excluding diaryl/α,β-unsaturated/α-hetero) is 1. The van der Waals surface area contributed by atoms with Gasteiger partial charge in [0.2, 0.25) is 0 Å². The minimum atomic E-state index is -0.500. The molecule has 0 spiro atoms. The van der Waals surface area contributed by atoms with Crippen LogP contribution in [0.5, 0.6) is 0 Å². The molecule has 0 saturated carbocycles. The molecule has 0 N–H and O–H groups in total. The maximum Gasteiger partial charge on any atom is 0.328 e. The maximum absolute atomic E-state index is 11.8. The molecule has 120 valence electrons. The molecule has 0 atom stereocenters. The van der Waals surface area contributed by atoms with Crippen LogP contribution in [0, 0.1) is 0 Å². The number of ketones is 1. The fourth-order valence-electron chi connectivity index (χ4n) is 2.74. The first-order chi connectivity index (χ1) is 10.8. The first kappa shape index (κ1) is 15.5. The molecular weight excluding hydrogens is 292 g/mol. The van der Waals surface area contributed by atoms with E-state index in [9.17, 15) is 9.59 Å². The standard InChI is InChI=1S/C18H20N2O3/c1-18(2,3)23-17(22)11-20-10-14(9-19-20)12-4-6-15-13(8-12)5-7-16(15)21/h4,6,8-10H,5,7,11H2,1-3H3. The number of carbonyl (C=O) groups is 2. The van der Waals surface area contributed by atoms with Crippen LogP contribution in [0.3, 0.4) is 0 Å². The van der Waals surface area contributed by atoms with Crippen molar-refractivity contribution < 1.29 is 14.3 Å². The number of benzene rings is 1. The zero-order valence-electron chi connectivity index (χ0n) is 13.6. The van der Waals surface area contributed by atoms with E-state index in [4.69, 9.17) is 4.74 Å². The van der Waals surface area contributed by atoms with Gasteiger partial charge in [-0.3, -0.25) is 14.3 Å². The molecule has 5 heteroatoms. The van der Waals surface area contributed by atoms with Gasteiger partial charge in [-0.2, -0.15) is 5.10 Å². The number of carbonyl (C=O) groups excluding carboxylic acids is 2. The van der Waals surface area contributed by atoms with Crippen molar-refractivity contribution in [1.82, 2.24) is 9.78 Å². The van der Waals surface area contributed by atoms with Crippen molar-refractivity contribution in [3.63, 3.8) is 0 Å². The van der Waals surface area contributed by atoms with Crippen molar-refractivity contribution in [2.45, 2.75) is 45.8 Å². The Morgan fingerprint density at radius 1 is 1.26 bits per heavy atom. The third kappa shape index (κ3) is 3.50. The lowest BCUT2D eigenvalue weighted by Gasteiger charge is -2.19. The third-order valence-corrected chi connectivity index (χ3v) is 3.70. The van der Waals surface area contributed by atoms with E-state index in [1.165, 1.54) is 0 Å². The minimum absolute atomic E-state index is 0.0840. The monoisotopic (exact) mass is 312 g/mol. The molecule has 1 heterocycles. The zero-order chi connectivity index (χ0) is 16.6. The van der Waals surface area contributed by atoms with Gasteiger partial charge in [-0.1, -0.05) is 18.2 Å². The highest BCUT2D eigenvalue weighted by molar-refractivity contribution is 6.00. The third-order valence-electron chi connectivity index (χ3n) is 3.70. The predicted molar refractivity (Wildman–Crippen MR) is 86.2 cm³/mol. The Bertz CT molecular complexity index is 769. The summed E-state index contributed by atoms with van der Waals surface area (Å²) in [6.07, 6.45) is 4.94. The molecule has 0 unspecified atom stereocenters. The lowest BCUT2D eigenvalue weighted by Crippen LogP contribution is -2.26. The van der Waals surface area contributed by atoms with Gasteiger partial charge in [0.15, 0.2) is 5.78 Å². The van der Waals surface area contributed by atoms with E-state index in [0.29, 0.717) is 6.42 Å². The summed E-state index contributed by atoms with van der Waals surface area (Å²) in [5.74, 6) is -0.0983. The van der Waals surface area contributed by atoms with Gasteiger partial charge in [-0.25, -0.2) is 0 Å². The summed E-state index contributed by atoms with van der Waals surface area (Å²) in [5.41, 5.74) is 3.35. The number of aromatic nitrogens is 2. The Morgan fingerprint density at radius 2 is 2.04 bits per heavy atom. The van der Waals surface area contributed by atoms with Gasteiger partial charge in [0.25, 0.3) is 0 Å². The molecule has 0 aliphatic heterocycles.